The van der Waals surface area contributed by atoms with Crippen LogP contribution in [-0.4, -0.2) is 12.1 Å². The van der Waals surface area contributed by atoms with Crippen molar-refractivity contribution in [3.8, 4) is 12.3 Å². The summed E-state index contributed by atoms with van der Waals surface area (Å²) in [5.74, 6) is 2.02. The molecule has 0 radical (unpaired) electrons. The van der Waals surface area contributed by atoms with Crippen LogP contribution in [0.2, 0.25) is 0 Å². The Hall–Kier alpha value is -0.970. The first-order valence-corrected chi connectivity index (χ1v) is 2.84. The molecule has 0 bridgehead atoms. The molecule has 2 nitrogen and oxygen atoms in total. The van der Waals surface area contributed by atoms with E-state index in [0.717, 1.165) is 0 Å². The molecule has 0 aromatic rings. The molecule has 0 rings (SSSR count). The Balaban J connectivity index is 3.60. The van der Waals surface area contributed by atoms with E-state index >= 15 is 0 Å². The van der Waals surface area contributed by atoms with Crippen LogP contribution in [0, 0.1) is 12.3 Å². The minimum atomic E-state index is -0.345. The topological polar surface area (TPSA) is 26.3 Å². The molecule has 0 saturated heterocycles. The lowest BCUT2D eigenvalue weighted by molar-refractivity contribution is -0.143. The molecule has 0 unspecified atom stereocenters. The monoisotopic (exact) mass is 126 g/mol. The summed E-state index contributed by atoms with van der Waals surface area (Å²) in [6, 6.07) is 0. The van der Waals surface area contributed by atoms with E-state index in [-0.39, 0.29) is 12.1 Å². The second-order valence-corrected chi connectivity index (χ2v) is 1.67. The number of ether oxygens (including phenoxy) is 1. The Kier molecular flexibility index (Phi) is 3.54. The van der Waals surface area contributed by atoms with E-state index in [0.29, 0.717) is 6.42 Å². The van der Waals surface area contributed by atoms with E-state index in [2.05, 4.69) is 10.7 Å². The Morgan fingerprint density at radius 3 is 2.56 bits per heavy atom. The van der Waals surface area contributed by atoms with Crippen molar-refractivity contribution < 1.29 is 9.53 Å². The zero-order valence-electron chi connectivity index (χ0n) is 5.68. The lowest BCUT2D eigenvalue weighted by Gasteiger charge is -2.05. The lowest BCUT2D eigenvalue weighted by Crippen LogP contribution is -2.12. The Labute approximate surface area is 55.2 Å². The molecule has 0 aliphatic carbocycles. The maximum atomic E-state index is 10.3. The predicted molar refractivity (Wildman–Crippen MR) is 34.7 cm³/mol. The molecular formula is C7H10O2. The van der Waals surface area contributed by atoms with Gasteiger partial charge >= 0.3 is 5.97 Å². The first-order valence-electron chi connectivity index (χ1n) is 2.84. The van der Waals surface area contributed by atoms with Gasteiger partial charge in [0.2, 0.25) is 0 Å². The standard InChI is InChI=1S/C7H10O2/c1-4-7(5-2)9-6(3)8/h1,7H,5H2,2-3H3/t7-/m1/s1. The van der Waals surface area contributed by atoms with Crippen molar-refractivity contribution in [3.63, 3.8) is 0 Å². The van der Waals surface area contributed by atoms with E-state index in [4.69, 9.17) is 6.42 Å². The maximum Gasteiger partial charge on any atom is 0.303 e. The van der Waals surface area contributed by atoms with E-state index in [1.54, 1.807) is 0 Å². The zero-order chi connectivity index (χ0) is 7.28. The number of rotatable bonds is 2. The number of carbonyl (C=O) groups is 1. The summed E-state index contributed by atoms with van der Waals surface area (Å²) >= 11 is 0. The van der Waals surface area contributed by atoms with Gasteiger partial charge in [-0.1, -0.05) is 12.8 Å². The number of hydrogen-bond acceptors (Lipinski definition) is 2. The highest BCUT2D eigenvalue weighted by molar-refractivity contribution is 5.66. The van der Waals surface area contributed by atoms with Crippen LogP contribution in [0.15, 0.2) is 0 Å². The summed E-state index contributed by atoms with van der Waals surface area (Å²) in [5.41, 5.74) is 0. The SMILES string of the molecule is C#C[C@H](CC)OC(C)=O. The van der Waals surface area contributed by atoms with Gasteiger partial charge in [-0.15, -0.1) is 6.42 Å². The Morgan fingerprint density at radius 2 is 2.44 bits per heavy atom. The first kappa shape index (κ1) is 8.03. The largest absolute Gasteiger partial charge is 0.449 e. The molecule has 0 aliphatic heterocycles. The summed E-state index contributed by atoms with van der Waals surface area (Å²) in [6.07, 6.45) is 5.34. The molecule has 0 heterocycles. The first-order chi connectivity index (χ1) is 4.20. The second kappa shape index (κ2) is 3.96. The number of terminal acetylenes is 1. The minimum Gasteiger partial charge on any atom is -0.449 e. The van der Waals surface area contributed by atoms with Gasteiger partial charge in [-0.3, -0.25) is 4.79 Å². The summed E-state index contributed by atoms with van der Waals surface area (Å²) in [4.78, 5) is 10.3. The van der Waals surface area contributed by atoms with Crippen LogP contribution in [0.25, 0.3) is 0 Å². The molecule has 1 atom stereocenters. The number of esters is 1. The van der Waals surface area contributed by atoms with Crippen molar-refractivity contribution in [2.24, 2.45) is 0 Å². The third-order valence-corrected chi connectivity index (χ3v) is 0.865. The molecule has 0 saturated carbocycles. The summed E-state index contributed by atoms with van der Waals surface area (Å²) in [7, 11) is 0. The molecule has 0 aliphatic rings. The normalized spacial score (nSPS) is 11.7. The number of carbonyl (C=O) groups excluding carboxylic acids is 1. The van der Waals surface area contributed by atoms with Crippen LogP contribution < -0.4 is 0 Å². The third-order valence-electron chi connectivity index (χ3n) is 0.865. The highest BCUT2D eigenvalue weighted by Crippen LogP contribution is 1.94. The van der Waals surface area contributed by atoms with Crippen LogP contribution in [0.4, 0.5) is 0 Å². The lowest BCUT2D eigenvalue weighted by atomic mass is 10.3. The predicted octanol–water partition coefficient (Wildman–Crippen LogP) is 0.961. The Morgan fingerprint density at radius 1 is 1.89 bits per heavy atom. The van der Waals surface area contributed by atoms with Gasteiger partial charge in [-0.05, 0) is 6.42 Å². The van der Waals surface area contributed by atoms with Crippen molar-refractivity contribution in [3.05, 3.63) is 0 Å². The molecule has 0 aromatic heterocycles. The van der Waals surface area contributed by atoms with Gasteiger partial charge in [0, 0.05) is 6.92 Å². The van der Waals surface area contributed by atoms with Crippen LogP contribution in [0.5, 0.6) is 0 Å². The molecule has 0 N–H and O–H groups in total. The molecule has 50 valence electrons. The van der Waals surface area contributed by atoms with E-state index < -0.39 is 0 Å². The second-order valence-electron chi connectivity index (χ2n) is 1.67. The van der Waals surface area contributed by atoms with Crippen LogP contribution in [-0.2, 0) is 9.53 Å². The van der Waals surface area contributed by atoms with Crippen LogP contribution >= 0.6 is 0 Å². The summed E-state index contributed by atoms with van der Waals surface area (Å²) < 4.78 is 4.67. The fraction of sp³-hybridized carbons (Fsp3) is 0.571. The molecule has 0 fully saturated rings. The zero-order valence-corrected chi connectivity index (χ0v) is 5.68. The highest BCUT2D eigenvalue weighted by Gasteiger charge is 2.02. The van der Waals surface area contributed by atoms with Crippen molar-refractivity contribution >= 4 is 5.97 Å². The van der Waals surface area contributed by atoms with Crippen LogP contribution in [0.3, 0.4) is 0 Å². The van der Waals surface area contributed by atoms with E-state index in [9.17, 15) is 4.79 Å². The van der Waals surface area contributed by atoms with Gasteiger partial charge in [-0.2, -0.15) is 0 Å². The fourth-order valence-corrected chi connectivity index (χ4v) is 0.436. The molecule has 0 aromatic carbocycles. The molecular weight excluding hydrogens is 116 g/mol. The summed E-state index contributed by atoms with van der Waals surface area (Å²) in [6.45, 7) is 3.22. The van der Waals surface area contributed by atoms with Gasteiger partial charge < -0.3 is 4.74 Å². The smallest absolute Gasteiger partial charge is 0.303 e. The van der Waals surface area contributed by atoms with Gasteiger partial charge in [-0.25, -0.2) is 0 Å². The average molecular weight is 126 g/mol. The van der Waals surface area contributed by atoms with Gasteiger partial charge in [0.25, 0.3) is 0 Å². The minimum absolute atomic E-state index is 0.320. The van der Waals surface area contributed by atoms with E-state index in [1.165, 1.54) is 6.92 Å². The van der Waals surface area contributed by atoms with Crippen molar-refractivity contribution in [1.29, 1.82) is 0 Å². The quantitative estimate of drug-likeness (QED) is 0.407. The fourth-order valence-electron chi connectivity index (χ4n) is 0.436. The van der Waals surface area contributed by atoms with Gasteiger partial charge in [0.1, 0.15) is 0 Å². The van der Waals surface area contributed by atoms with Gasteiger partial charge in [0.05, 0.1) is 0 Å². The number of hydrogen-bond donors (Lipinski definition) is 0. The third kappa shape index (κ3) is 3.60. The maximum absolute atomic E-state index is 10.3. The highest BCUT2D eigenvalue weighted by atomic mass is 16.5. The average Bonchev–Trinajstić information content (AvgIpc) is 1.82. The molecule has 0 spiro atoms. The van der Waals surface area contributed by atoms with Gasteiger partial charge in [0.15, 0.2) is 6.10 Å². The van der Waals surface area contributed by atoms with Crippen LogP contribution in [0.1, 0.15) is 20.3 Å². The van der Waals surface area contributed by atoms with E-state index in [1.807, 2.05) is 6.92 Å². The Bertz CT molecular complexity index is 132. The summed E-state index contributed by atoms with van der Waals surface area (Å²) in [5, 5.41) is 0. The molecule has 2 heteroatoms. The van der Waals surface area contributed by atoms with Crippen molar-refractivity contribution in [1.82, 2.24) is 0 Å². The van der Waals surface area contributed by atoms with Crippen molar-refractivity contribution in [2.45, 2.75) is 26.4 Å². The van der Waals surface area contributed by atoms with Crippen molar-refractivity contribution in [2.75, 3.05) is 0 Å². The molecule has 9 heavy (non-hydrogen) atoms. The molecule has 0 amide bonds.